The van der Waals surface area contributed by atoms with Gasteiger partial charge in [0.05, 0.1) is 0 Å². The molecule has 2 rings (SSSR count). The fourth-order valence-corrected chi connectivity index (χ4v) is 3.63. The predicted molar refractivity (Wildman–Crippen MR) is 81.8 cm³/mol. The van der Waals surface area contributed by atoms with Crippen molar-refractivity contribution in [1.29, 1.82) is 0 Å². The highest BCUT2D eigenvalue weighted by Gasteiger charge is 2.17. The summed E-state index contributed by atoms with van der Waals surface area (Å²) < 4.78 is 49.3. The lowest BCUT2D eigenvalue weighted by Crippen LogP contribution is -2.46. The molecule has 8 nitrogen and oxygen atoms in total. The van der Waals surface area contributed by atoms with E-state index >= 15 is 0 Å². The van der Waals surface area contributed by atoms with Crippen LogP contribution in [-0.2, 0) is 19.9 Å². The monoisotopic (exact) mass is 348 g/mol. The van der Waals surface area contributed by atoms with E-state index in [-0.39, 0.29) is 9.92 Å². The van der Waals surface area contributed by atoms with Gasteiger partial charge in [-0.15, -0.1) is 0 Å². The highest BCUT2D eigenvalue weighted by atomic mass is 32.2. The molecule has 1 aromatic heterocycles. The van der Waals surface area contributed by atoms with E-state index in [2.05, 4.69) is 19.9 Å². The molecule has 2 N–H and O–H groups in total. The number of aromatic nitrogens is 1. The maximum absolute atomic E-state index is 12.1. The van der Waals surface area contributed by atoms with Gasteiger partial charge in [-0.05, 0) is 12.1 Å². The van der Waals surface area contributed by atoms with Gasteiger partial charge in [0.2, 0.25) is 10.0 Å². The van der Waals surface area contributed by atoms with Crippen LogP contribution >= 0.6 is 0 Å². The van der Waals surface area contributed by atoms with Gasteiger partial charge in [-0.2, -0.15) is 0 Å². The summed E-state index contributed by atoms with van der Waals surface area (Å²) in [7, 11) is -7.11. The van der Waals surface area contributed by atoms with E-state index in [1.807, 2.05) is 0 Å². The van der Waals surface area contributed by atoms with Crippen molar-refractivity contribution in [3.63, 3.8) is 0 Å². The zero-order valence-electron chi connectivity index (χ0n) is 12.3. The van der Waals surface area contributed by atoms with Crippen LogP contribution in [0.25, 0.3) is 0 Å². The Labute approximate surface area is 130 Å². The number of hydrogen-bond donors (Lipinski definition) is 2. The van der Waals surface area contributed by atoms with E-state index in [0.717, 1.165) is 38.6 Å². The van der Waals surface area contributed by atoms with Crippen LogP contribution in [0.3, 0.4) is 0 Å². The Balaban J connectivity index is 1.95. The molecule has 0 aromatic carbocycles. The number of piperazine rings is 1. The first kappa shape index (κ1) is 17.3. The van der Waals surface area contributed by atoms with Crippen LogP contribution in [0.4, 0.5) is 0 Å². The van der Waals surface area contributed by atoms with Crippen LogP contribution in [-0.4, -0.2) is 72.2 Å². The molecule has 1 aliphatic heterocycles. The molecule has 0 aliphatic carbocycles. The maximum Gasteiger partial charge on any atom is 0.242 e. The summed E-state index contributed by atoms with van der Waals surface area (Å²) in [6.07, 6.45) is 2.08. The van der Waals surface area contributed by atoms with Crippen molar-refractivity contribution in [3.05, 3.63) is 18.3 Å². The van der Waals surface area contributed by atoms with Gasteiger partial charge in [-0.25, -0.2) is 26.5 Å². The van der Waals surface area contributed by atoms with E-state index in [4.69, 9.17) is 0 Å². The van der Waals surface area contributed by atoms with Crippen molar-refractivity contribution in [2.24, 2.45) is 0 Å². The number of nitrogens with zero attached hydrogens (tertiary/aromatic N) is 2. The average Bonchev–Trinajstić information content (AvgIpc) is 2.47. The molecule has 1 aliphatic rings. The lowest BCUT2D eigenvalue weighted by Gasteiger charge is -2.27. The summed E-state index contributed by atoms with van der Waals surface area (Å²) in [5, 5.41) is 3.08. The van der Waals surface area contributed by atoms with Gasteiger partial charge >= 0.3 is 0 Å². The van der Waals surface area contributed by atoms with E-state index in [0.29, 0.717) is 13.1 Å². The molecular weight excluding hydrogens is 328 g/mol. The van der Waals surface area contributed by atoms with Gasteiger partial charge in [-0.3, -0.25) is 4.90 Å². The fraction of sp³-hybridized carbons (Fsp3) is 0.583. The summed E-state index contributed by atoms with van der Waals surface area (Å²) in [6, 6.07) is 2.44. The van der Waals surface area contributed by atoms with Gasteiger partial charge in [0, 0.05) is 51.7 Å². The second-order valence-electron chi connectivity index (χ2n) is 5.09. The normalized spacial score (nSPS) is 17.5. The van der Waals surface area contributed by atoms with Crippen LogP contribution in [0.5, 0.6) is 0 Å². The lowest BCUT2D eigenvalue weighted by atomic mass is 10.3. The third kappa shape index (κ3) is 4.71. The average molecular weight is 348 g/mol. The van der Waals surface area contributed by atoms with Crippen LogP contribution in [0.15, 0.2) is 28.3 Å². The molecule has 1 fully saturated rings. The largest absolute Gasteiger partial charge is 0.314 e. The zero-order chi connectivity index (χ0) is 16.2. The van der Waals surface area contributed by atoms with Crippen molar-refractivity contribution >= 4 is 19.9 Å². The van der Waals surface area contributed by atoms with Crippen molar-refractivity contribution < 1.29 is 16.8 Å². The highest BCUT2D eigenvalue weighted by Crippen LogP contribution is 2.10. The quantitative estimate of drug-likeness (QED) is 0.655. The van der Waals surface area contributed by atoms with Crippen LogP contribution in [0.1, 0.15) is 0 Å². The Bertz CT molecular complexity index is 695. The fourth-order valence-electron chi connectivity index (χ4n) is 2.10. The first-order chi connectivity index (χ1) is 10.3. The molecule has 0 unspecified atom stereocenters. The topological polar surface area (TPSA) is 108 Å². The Morgan fingerprint density at radius 1 is 1.23 bits per heavy atom. The van der Waals surface area contributed by atoms with E-state index < -0.39 is 19.9 Å². The molecule has 124 valence electrons. The van der Waals surface area contributed by atoms with Gasteiger partial charge in [-0.1, -0.05) is 0 Å². The number of sulfone groups is 1. The zero-order valence-corrected chi connectivity index (χ0v) is 14.0. The van der Waals surface area contributed by atoms with E-state index in [9.17, 15) is 16.8 Å². The summed E-state index contributed by atoms with van der Waals surface area (Å²) in [6.45, 7) is 4.54. The Kier molecular flexibility index (Phi) is 5.50. The Morgan fingerprint density at radius 2 is 1.91 bits per heavy atom. The maximum atomic E-state index is 12.1. The molecule has 1 saturated heterocycles. The predicted octanol–water partition coefficient (Wildman–Crippen LogP) is -1.33. The van der Waals surface area contributed by atoms with E-state index in [1.54, 1.807) is 0 Å². The second-order valence-corrected chi connectivity index (χ2v) is 8.82. The molecular formula is C12H20N4O4S2. The van der Waals surface area contributed by atoms with Crippen LogP contribution in [0, 0.1) is 0 Å². The number of pyridine rings is 1. The first-order valence-electron chi connectivity index (χ1n) is 6.88. The molecule has 0 radical (unpaired) electrons. The third-order valence-corrected chi connectivity index (χ3v) is 5.78. The Morgan fingerprint density at radius 3 is 2.45 bits per heavy atom. The Hall–Kier alpha value is -1.07. The van der Waals surface area contributed by atoms with Crippen molar-refractivity contribution in [2.75, 3.05) is 45.5 Å². The van der Waals surface area contributed by atoms with Crippen molar-refractivity contribution in [1.82, 2.24) is 19.9 Å². The van der Waals surface area contributed by atoms with Gasteiger partial charge < -0.3 is 5.32 Å². The van der Waals surface area contributed by atoms with Gasteiger partial charge in [0.25, 0.3) is 0 Å². The van der Waals surface area contributed by atoms with Crippen LogP contribution < -0.4 is 10.0 Å². The second kappa shape index (κ2) is 7.01. The SMILES string of the molecule is CS(=O)(=O)c1ccc(S(=O)(=O)NCCN2CCNCC2)cn1. The number of hydrogen-bond acceptors (Lipinski definition) is 7. The minimum Gasteiger partial charge on any atom is -0.314 e. The lowest BCUT2D eigenvalue weighted by molar-refractivity contribution is 0.245. The van der Waals surface area contributed by atoms with Crippen LogP contribution in [0.2, 0.25) is 0 Å². The molecule has 2 heterocycles. The third-order valence-electron chi connectivity index (χ3n) is 3.33. The molecule has 0 amide bonds. The summed E-state index contributed by atoms with van der Waals surface area (Å²) in [5.74, 6) is 0. The molecule has 22 heavy (non-hydrogen) atoms. The number of sulfonamides is 1. The highest BCUT2D eigenvalue weighted by molar-refractivity contribution is 7.90. The van der Waals surface area contributed by atoms with Gasteiger partial charge in [0.1, 0.15) is 4.90 Å². The summed E-state index contributed by atoms with van der Waals surface area (Å²) in [4.78, 5) is 5.82. The molecule has 0 saturated carbocycles. The van der Waals surface area contributed by atoms with Gasteiger partial charge in [0.15, 0.2) is 14.9 Å². The minimum atomic E-state index is -3.67. The first-order valence-corrected chi connectivity index (χ1v) is 10.3. The van der Waals surface area contributed by atoms with E-state index in [1.165, 1.54) is 12.1 Å². The minimum absolute atomic E-state index is 0.0415. The summed E-state index contributed by atoms with van der Waals surface area (Å²) in [5.41, 5.74) is 0. The molecule has 0 spiro atoms. The smallest absolute Gasteiger partial charge is 0.242 e. The number of rotatable bonds is 6. The molecule has 1 aromatic rings. The number of nitrogens with one attached hydrogen (secondary N) is 2. The summed E-state index contributed by atoms with van der Waals surface area (Å²) >= 11 is 0. The van der Waals surface area contributed by atoms with Crippen molar-refractivity contribution in [3.8, 4) is 0 Å². The standard InChI is InChI=1S/C12H20N4O4S2/c1-21(17,18)12-3-2-11(10-14-12)22(19,20)15-6-9-16-7-4-13-5-8-16/h2-3,10,13,15H,4-9H2,1H3. The molecule has 0 bridgehead atoms. The molecule has 10 heteroatoms. The van der Waals surface area contributed by atoms with Crippen molar-refractivity contribution in [2.45, 2.75) is 9.92 Å². The molecule has 0 atom stereocenters.